The normalized spacial score (nSPS) is 29.0. The second-order valence-corrected chi connectivity index (χ2v) is 6.78. The lowest BCUT2D eigenvalue weighted by molar-refractivity contribution is -0.0715. The predicted octanol–water partition coefficient (Wildman–Crippen LogP) is 2.54. The zero-order valence-electron chi connectivity index (χ0n) is 13.9. The van der Waals surface area contributed by atoms with Crippen LogP contribution in [-0.2, 0) is 4.74 Å². The summed E-state index contributed by atoms with van der Waals surface area (Å²) in [6.07, 6.45) is 2.49. The van der Waals surface area contributed by atoms with E-state index in [0.29, 0.717) is 5.56 Å². The quantitative estimate of drug-likeness (QED) is 0.858. The third-order valence-electron chi connectivity index (χ3n) is 4.67. The number of rotatable bonds is 3. The van der Waals surface area contributed by atoms with Crippen LogP contribution in [0.2, 0.25) is 0 Å². The van der Waals surface area contributed by atoms with Gasteiger partial charge in [0.05, 0.1) is 12.2 Å². The number of morpholine rings is 1. The van der Waals surface area contributed by atoms with Gasteiger partial charge in [-0.3, -0.25) is 9.69 Å². The molecule has 2 fully saturated rings. The van der Waals surface area contributed by atoms with Crippen molar-refractivity contribution in [1.29, 1.82) is 0 Å². The molecule has 0 aliphatic carbocycles. The Morgan fingerprint density at radius 3 is 2.74 bits per heavy atom. The molecule has 3 atom stereocenters. The highest BCUT2D eigenvalue weighted by molar-refractivity contribution is 5.94. The molecule has 0 bridgehead atoms. The average Bonchev–Trinajstić information content (AvgIpc) is 2.93. The van der Waals surface area contributed by atoms with E-state index in [9.17, 15) is 9.18 Å². The van der Waals surface area contributed by atoms with Crippen molar-refractivity contribution in [3.8, 4) is 0 Å². The zero-order chi connectivity index (χ0) is 16.4. The molecule has 0 saturated carbocycles. The molecule has 1 aromatic carbocycles. The minimum atomic E-state index is -0.359. The van der Waals surface area contributed by atoms with Gasteiger partial charge in [-0.15, -0.1) is 0 Å². The van der Waals surface area contributed by atoms with E-state index in [4.69, 9.17) is 4.74 Å². The van der Waals surface area contributed by atoms with Crippen LogP contribution < -0.4 is 0 Å². The van der Waals surface area contributed by atoms with Crippen LogP contribution in [0.4, 0.5) is 4.39 Å². The minimum absolute atomic E-state index is 0.0543. The molecule has 2 aliphatic rings. The summed E-state index contributed by atoms with van der Waals surface area (Å²) < 4.78 is 19.2. The Labute approximate surface area is 137 Å². The van der Waals surface area contributed by atoms with Gasteiger partial charge in [0.15, 0.2) is 0 Å². The molecular weight excluding hydrogens is 295 g/mol. The van der Waals surface area contributed by atoms with Gasteiger partial charge in [0.2, 0.25) is 0 Å². The average molecular weight is 320 g/mol. The number of carbonyl (C=O) groups excluding carboxylic acids is 1. The molecule has 23 heavy (non-hydrogen) atoms. The summed E-state index contributed by atoms with van der Waals surface area (Å²) in [6, 6.07) is 6.20. The summed E-state index contributed by atoms with van der Waals surface area (Å²) in [4.78, 5) is 17.0. The topological polar surface area (TPSA) is 32.8 Å². The summed E-state index contributed by atoms with van der Waals surface area (Å²) >= 11 is 0. The lowest BCUT2D eigenvalue weighted by Crippen LogP contribution is -2.50. The highest BCUT2D eigenvalue weighted by Crippen LogP contribution is 2.23. The van der Waals surface area contributed by atoms with Crippen LogP contribution in [0.5, 0.6) is 0 Å². The number of hydrogen-bond donors (Lipinski definition) is 0. The first-order chi connectivity index (χ1) is 11.0. The van der Waals surface area contributed by atoms with Crippen molar-refractivity contribution in [3.63, 3.8) is 0 Å². The molecule has 0 aromatic heterocycles. The lowest BCUT2D eigenvalue weighted by atomic mass is 10.1. The van der Waals surface area contributed by atoms with Crippen LogP contribution in [0.25, 0.3) is 0 Å². The summed E-state index contributed by atoms with van der Waals surface area (Å²) in [6.45, 7) is 7.63. The van der Waals surface area contributed by atoms with E-state index < -0.39 is 0 Å². The van der Waals surface area contributed by atoms with Gasteiger partial charge in [-0.2, -0.15) is 0 Å². The van der Waals surface area contributed by atoms with Crippen LogP contribution in [0.1, 0.15) is 37.0 Å². The maximum Gasteiger partial charge on any atom is 0.254 e. The fraction of sp³-hybridized carbons (Fsp3) is 0.611. The maximum atomic E-state index is 13.4. The summed E-state index contributed by atoms with van der Waals surface area (Å²) in [7, 11) is 0. The van der Waals surface area contributed by atoms with E-state index in [1.807, 2.05) is 4.90 Å². The number of halogens is 1. The van der Waals surface area contributed by atoms with Crippen molar-refractivity contribution in [1.82, 2.24) is 9.80 Å². The molecule has 0 spiro atoms. The standard InChI is InChI=1S/C18H25FN2O2/c1-13-10-20(11-14(2)23-13)12-17-7-4-8-21(17)18(22)15-5-3-6-16(19)9-15/h3,5-6,9,13-14,17H,4,7-8,10-12H2,1-2H3/t13-,14-,17+/m1/s1. The number of carbonyl (C=O) groups is 1. The van der Waals surface area contributed by atoms with Gasteiger partial charge < -0.3 is 9.64 Å². The lowest BCUT2D eigenvalue weighted by Gasteiger charge is -2.38. The fourth-order valence-electron chi connectivity index (χ4n) is 3.81. The third kappa shape index (κ3) is 3.90. The van der Waals surface area contributed by atoms with Crippen molar-refractivity contribution in [3.05, 3.63) is 35.6 Å². The molecule has 2 aliphatic heterocycles. The number of nitrogens with zero attached hydrogens (tertiary/aromatic N) is 2. The van der Waals surface area contributed by atoms with E-state index in [0.717, 1.165) is 39.0 Å². The van der Waals surface area contributed by atoms with Gasteiger partial charge in [0.25, 0.3) is 5.91 Å². The summed E-state index contributed by atoms with van der Waals surface area (Å²) in [5.41, 5.74) is 0.445. The Kier molecular flexibility index (Phi) is 4.97. The Hall–Kier alpha value is -1.46. The van der Waals surface area contributed by atoms with Crippen molar-refractivity contribution < 1.29 is 13.9 Å². The molecule has 0 unspecified atom stereocenters. The van der Waals surface area contributed by atoms with Crippen LogP contribution in [0.15, 0.2) is 24.3 Å². The van der Waals surface area contributed by atoms with Gasteiger partial charge >= 0.3 is 0 Å². The second kappa shape index (κ2) is 6.97. The highest BCUT2D eigenvalue weighted by atomic mass is 19.1. The molecule has 2 heterocycles. The molecule has 1 amide bonds. The Balaban J connectivity index is 1.66. The molecule has 4 nitrogen and oxygen atoms in total. The van der Waals surface area contributed by atoms with Crippen LogP contribution in [0.3, 0.4) is 0 Å². The molecular formula is C18H25FN2O2. The first-order valence-corrected chi connectivity index (χ1v) is 8.47. The Morgan fingerprint density at radius 2 is 2.04 bits per heavy atom. The van der Waals surface area contributed by atoms with E-state index in [2.05, 4.69) is 18.7 Å². The molecule has 0 radical (unpaired) electrons. The molecule has 2 saturated heterocycles. The Bertz CT molecular complexity index is 556. The van der Waals surface area contributed by atoms with Gasteiger partial charge in [0, 0.05) is 37.8 Å². The van der Waals surface area contributed by atoms with Gasteiger partial charge in [-0.1, -0.05) is 6.07 Å². The van der Waals surface area contributed by atoms with E-state index in [-0.39, 0.29) is 30.0 Å². The number of ether oxygens (including phenoxy) is 1. The van der Waals surface area contributed by atoms with Crippen molar-refractivity contribution in [2.45, 2.75) is 44.9 Å². The van der Waals surface area contributed by atoms with Gasteiger partial charge in [-0.05, 0) is 44.9 Å². The van der Waals surface area contributed by atoms with Crippen LogP contribution in [-0.4, -0.2) is 60.1 Å². The molecule has 0 N–H and O–H groups in total. The zero-order valence-corrected chi connectivity index (χ0v) is 13.9. The van der Waals surface area contributed by atoms with E-state index in [1.54, 1.807) is 12.1 Å². The smallest absolute Gasteiger partial charge is 0.254 e. The number of benzene rings is 1. The third-order valence-corrected chi connectivity index (χ3v) is 4.67. The summed E-state index contributed by atoms with van der Waals surface area (Å²) in [5, 5.41) is 0. The molecule has 126 valence electrons. The highest BCUT2D eigenvalue weighted by Gasteiger charge is 2.32. The largest absolute Gasteiger partial charge is 0.373 e. The Morgan fingerprint density at radius 1 is 1.30 bits per heavy atom. The van der Waals surface area contributed by atoms with Crippen molar-refractivity contribution in [2.24, 2.45) is 0 Å². The number of likely N-dealkylation sites (tertiary alicyclic amines) is 1. The van der Waals surface area contributed by atoms with E-state index >= 15 is 0 Å². The first-order valence-electron chi connectivity index (χ1n) is 8.47. The molecule has 1 aromatic rings. The second-order valence-electron chi connectivity index (χ2n) is 6.78. The number of hydrogen-bond acceptors (Lipinski definition) is 3. The monoisotopic (exact) mass is 320 g/mol. The number of amides is 1. The van der Waals surface area contributed by atoms with Crippen molar-refractivity contribution in [2.75, 3.05) is 26.2 Å². The molecule has 5 heteroatoms. The van der Waals surface area contributed by atoms with Gasteiger partial charge in [-0.25, -0.2) is 4.39 Å². The summed E-state index contributed by atoms with van der Waals surface area (Å²) in [5.74, 6) is -0.413. The SMILES string of the molecule is C[C@@H]1CN(C[C@@H]2CCCN2C(=O)c2cccc(F)c2)C[C@@H](C)O1. The fourth-order valence-corrected chi connectivity index (χ4v) is 3.81. The molecule has 3 rings (SSSR count). The maximum absolute atomic E-state index is 13.4. The van der Waals surface area contributed by atoms with Crippen LogP contribution >= 0.6 is 0 Å². The minimum Gasteiger partial charge on any atom is -0.373 e. The van der Waals surface area contributed by atoms with Gasteiger partial charge in [0.1, 0.15) is 5.82 Å². The van der Waals surface area contributed by atoms with Crippen LogP contribution in [0, 0.1) is 5.82 Å². The first kappa shape index (κ1) is 16.4. The van der Waals surface area contributed by atoms with E-state index in [1.165, 1.54) is 12.1 Å². The van der Waals surface area contributed by atoms with Crippen molar-refractivity contribution >= 4 is 5.91 Å². The predicted molar refractivity (Wildman–Crippen MR) is 86.9 cm³/mol.